The van der Waals surface area contributed by atoms with Crippen LogP contribution in [0.25, 0.3) is 0 Å². The number of aromatic nitrogens is 2. The molecule has 2 rings (SSSR count). The number of amides is 1. The maximum atomic E-state index is 12.2. The number of nitrogen functional groups attached to an aromatic ring is 1. The molecule has 0 aliphatic heterocycles. The van der Waals surface area contributed by atoms with Crippen LogP contribution in [0, 0.1) is 20.8 Å². The van der Waals surface area contributed by atoms with Gasteiger partial charge in [0, 0.05) is 11.3 Å². The first-order chi connectivity index (χ1) is 8.49. The molecule has 94 valence electrons. The highest BCUT2D eigenvalue weighted by atomic mass is 16.1. The summed E-state index contributed by atoms with van der Waals surface area (Å²) >= 11 is 0. The molecule has 0 unspecified atom stereocenters. The van der Waals surface area contributed by atoms with Gasteiger partial charge in [0.2, 0.25) is 0 Å². The molecule has 0 spiro atoms. The van der Waals surface area contributed by atoms with Crippen molar-refractivity contribution in [3.05, 3.63) is 40.7 Å². The van der Waals surface area contributed by atoms with Crippen molar-refractivity contribution in [1.29, 1.82) is 0 Å². The van der Waals surface area contributed by atoms with E-state index in [1.54, 1.807) is 18.2 Å². The van der Waals surface area contributed by atoms with Crippen LogP contribution in [0.2, 0.25) is 0 Å². The molecule has 1 aromatic heterocycles. The van der Waals surface area contributed by atoms with E-state index in [-0.39, 0.29) is 5.91 Å². The smallest absolute Gasteiger partial charge is 0.256 e. The summed E-state index contributed by atoms with van der Waals surface area (Å²) in [4.78, 5) is 12.2. The number of hydrogen-bond acceptors (Lipinski definition) is 3. The Labute approximate surface area is 105 Å². The summed E-state index contributed by atoms with van der Waals surface area (Å²) in [5.74, 6) is -0.153. The van der Waals surface area contributed by atoms with Crippen molar-refractivity contribution in [2.75, 3.05) is 11.1 Å². The number of nitrogens with two attached hydrogens (primary N) is 1. The lowest BCUT2D eigenvalue weighted by atomic mass is 10.1. The minimum atomic E-state index is -0.153. The Morgan fingerprint density at radius 1 is 1.33 bits per heavy atom. The zero-order chi connectivity index (χ0) is 13.3. The molecule has 0 aliphatic rings. The third-order valence-electron chi connectivity index (χ3n) is 2.86. The summed E-state index contributed by atoms with van der Waals surface area (Å²) in [6.45, 7) is 5.57. The van der Waals surface area contributed by atoms with Crippen molar-refractivity contribution in [1.82, 2.24) is 10.2 Å². The number of nitrogens with one attached hydrogen (secondary N) is 2. The van der Waals surface area contributed by atoms with Gasteiger partial charge in [-0.15, -0.1) is 0 Å². The number of anilines is 2. The van der Waals surface area contributed by atoms with E-state index >= 15 is 0 Å². The standard InChI is InChI=1S/C13H16N4O/c1-7-6-10(14)4-5-11(7)13(18)15-12-8(2)16-17-9(12)3/h4-6H,14H2,1-3H3,(H,15,18)(H,16,17). The molecule has 1 aromatic carbocycles. The van der Waals surface area contributed by atoms with Gasteiger partial charge in [0.15, 0.2) is 0 Å². The molecule has 5 heteroatoms. The van der Waals surface area contributed by atoms with Crippen LogP contribution in [0.5, 0.6) is 0 Å². The first-order valence-electron chi connectivity index (χ1n) is 5.68. The molecule has 1 amide bonds. The van der Waals surface area contributed by atoms with Crippen LogP contribution in [0.4, 0.5) is 11.4 Å². The number of H-pyrrole nitrogens is 1. The Morgan fingerprint density at radius 3 is 2.61 bits per heavy atom. The van der Waals surface area contributed by atoms with Crippen LogP contribution in [0.3, 0.4) is 0 Å². The predicted octanol–water partition coefficient (Wildman–Crippen LogP) is 2.17. The van der Waals surface area contributed by atoms with Gasteiger partial charge in [-0.3, -0.25) is 9.89 Å². The molecule has 4 N–H and O–H groups in total. The number of benzene rings is 1. The zero-order valence-corrected chi connectivity index (χ0v) is 10.7. The van der Waals surface area contributed by atoms with E-state index in [0.717, 1.165) is 22.6 Å². The van der Waals surface area contributed by atoms with Crippen molar-refractivity contribution in [3.63, 3.8) is 0 Å². The molecule has 0 fully saturated rings. The number of aryl methyl sites for hydroxylation is 3. The van der Waals surface area contributed by atoms with E-state index < -0.39 is 0 Å². The van der Waals surface area contributed by atoms with Gasteiger partial charge in [0.1, 0.15) is 0 Å². The summed E-state index contributed by atoms with van der Waals surface area (Å²) in [5, 5.41) is 9.73. The number of hydrogen-bond donors (Lipinski definition) is 3. The first kappa shape index (κ1) is 12.2. The highest BCUT2D eigenvalue weighted by molar-refractivity contribution is 6.06. The number of carbonyl (C=O) groups excluding carboxylic acids is 1. The van der Waals surface area contributed by atoms with E-state index in [9.17, 15) is 4.79 Å². The fourth-order valence-electron chi connectivity index (χ4n) is 1.86. The molecule has 5 nitrogen and oxygen atoms in total. The Bertz CT molecular complexity index is 582. The number of aromatic amines is 1. The normalized spacial score (nSPS) is 10.4. The van der Waals surface area contributed by atoms with Crippen LogP contribution in [-0.4, -0.2) is 16.1 Å². The van der Waals surface area contributed by atoms with Crippen LogP contribution in [0.1, 0.15) is 27.3 Å². The summed E-state index contributed by atoms with van der Waals surface area (Å²) in [5.41, 5.74) is 10.1. The van der Waals surface area contributed by atoms with E-state index in [1.807, 2.05) is 20.8 Å². The Kier molecular flexibility index (Phi) is 3.06. The highest BCUT2D eigenvalue weighted by Crippen LogP contribution is 2.19. The van der Waals surface area contributed by atoms with Crippen molar-refractivity contribution in [2.45, 2.75) is 20.8 Å². The maximum absolute atomic E-state index is 12.2. The lowest BCUT2D eigenvalue weighted by Crippen LogP contribution is -2.14. The van der Waals surface area contributed by atoms with Gasteiger partial charge < -0.3 is 11.1 Å². The topological polar surface area (TPSA) is 83.8 Å². The minimum absolute atomic E-state index is 0.153. The highest BCUT2D eigenvalue weighted by Gasteiger charge is 2.13. The Hall–Kier alpha value is -2.30. The van der Waals surface area contributed by atoms with Crippen LogP contribution >= 0.6 is 0 Å². The monoisotopic (exact) mass is 244 g/mol. The van der Waals surface area contributed by atoms with Crippen LogP contribution in [-0.2, 0) is 0 Å². The third kappa shape index (κ3) is 2.20. The fourth-order valence-corrected chi connectivity index (χ4v) is 1.86. The molecule has 0 aliphatic carbocycles. The molecule has 0 saturated heterocycles. The Morgan fingerprint density at radius 2 is 2.06 bits per heavy atom. The number of rotatable bonds is 2. The maximum Gasteiger partial charge on any atom is 0.256 e. The molecule has 18 heavy (non-hydrogen) atoms. The van der Waals surface area contributed by atoms with E-state index in [1.165, 1.54) is 0 Å². The SMILES string of the molecule is Cc1cc(N)ccc1C(=O)Nc1c(C)n[nH]c1C. The van der Waals surface area contributed by atoms with Crippen molar-refractivity contribution in [3.8, 4) is 0 Å². The lowest BCUT2D eigenvalue weighted by molar-refractivity contribution is 0.102. The van der Waals surface area contributed by atoms with Gasteiger partial charge in [0.05, 0.1) is 17.1 Å². The summed E-state index contributed by atoms with van der Waals surface area (Å²) < 4.78 is 0. The van der Waals surface area contributed by atoms with Crippen molar-refractivity contribution in [2.24, 2.45) is 0 Å². The van der Waals surface area contributed by atoms with Gasteiger partial charge >= 0.3 is 0 Å². The van der Waals surface area contributed by atoms with Crippen LogP contribution in [0.15, 0.2) is 18.2 Å². The molecular formula is C13H16N4O. The largest absolute Gasteiger partial charge is 0.399 e. The number of nitrogens with zero attached hydrogens (tertiary/aromatic N) is 1. The average molecular weight is 244 g/mol. The summed E-state index contributed by atoms with van der Waals surface area (Å²) in [6.07, 6.45) is 0. The second-order valence-electron chi connectivity index (χ2n) is 4.34. The van der Waals surface area contributed by atoms with Gasteiger partial charge in [-0.2, -0.15) is 5.10 Å². The zero-order valence-electron chi connectivity index (χ0n) is 10.7. The van der Waals surface area contributed by atoms with Gasteiger partial charge in [-0.1, -0.05) is 0 Å². The Balaban J connectivity index is 2.28. The molecule has 0 saturated carbocycles. The molecular weight excluding hydrogens is 228 g/mol. The minimum Gasteiger partial charge on any atom is -0.399 e. The fraction of sp³-hybridized carbons (Fsp3) is 0.231. The van der Waals surface area contributed by atoms with E-state index in [0.29, 0.717) is 11.3 Å². The third-order valence-corrected chi connectivity index (χ3v) is 2.86. The lowest BCUT2D eigenvalue weighted by Gasteiger charge is -2.08. The summed E-state index contributed by atoms with van der Waals surface area (Å²) in [7, 11) is 0. The summed E-state index contributed by atoms with van der Waals surface area (Å²) in [6, 6.07) is 5.23. The second kappa shape index (κ2) is 4.52. The molecule has 1 heterocycles. The van der Waals surface area contributed by atoms with E-state index in [4.69, 9.17) is 5.73 Å². The van der Waals surface area contributed by atoms with Crippen LogP contribution < -0.4 is 11.1 Å². The first-order valence-corrected chi connectivity index (χ1v) is 5.68. The quantitative estimate of drug-likeness (QED) is 0.708. The molecule has 2 aromatic rings. The average Bonchev–Trinajstić information content (AvgIpc) is 2.60. The van der Waals surface area contributed by atoms with Gasteiger partial charge in [0.25, 0.3) is 5.91 Å². The van der Waals surface area contributed by atoms with Gasteiger partial charge in [-0.25, -0.2) is 0 Å². The van der Waals surface area contributed by atoms with Crippen molar-refractivity contribution >= 4 is 17.3 Å². The van der Waals surface area contributed by atoms with E-state index in [2.05, 4.69) is 15.5 Å². The van der Waals surface area contributed by atoms with Crippen molar-refractivity contribution < 1.29 is 4.79 Å². The molecule has 0 radical (unpaired) electrons. The predicted molar refractivity (Wildman–Crippen MR) is 71.6 cm³/mol. The number of carbonyl (C=O) groups is 1. The molecule has 0 bridgehead atoms. The second-order valence-corrected chi connectivity index (χ2v) is 4.34. The van der Waals surface area contributed by atoms with Gasteiger partial charge in [-0.05, 0) is 44.5 Å². The molecule has 0 atom stereocenters.